The maximum Gasteiger partial charge on any atom is 0.264 e. The van der Waals surface area contributed by atoms with Crippen LogP contribution in [0.2, 0.25) is 0 Å². The topological polar surface area (TPSA) is 105 Å². The maximum atomic E-state index is 14.1. The number of hydrogen-bond acceptors (Lipinski definition) is 6. The van der Waals surface area contributed by atoms with Crippen molar-refractivity contribution in [3.63, 3.8) is 0 Å². The first-order valence-corrected chi connectivity index (χ1v) is 15.1. The minimum absolute atomic E-state index is 0.0799. The summed E-state index contributed by atoms with van der Waals surface area (Å²) in [7, 11) is -1.56. The Labute approximate surface area is 247 Å². The van der Waals surface area contributed by atoms with Gasteiger partial charge in [0, 0.05) is 18.7 Å². The number of methoxy groups -OCH3 is 2. The highest BCUT2D eigenvalue weighted by atomic mass is 32.2. The van der Waals surface area contributed by atoms with Gasteiger partial charge in [0.25, 0.3) is 10.0 Å². The summed E-state index contributed by atoms with van der Waals surface area (Å²) in [4.78, 5) is 28.6. The van der Waals surface area contributed by atoms with Crippen LogP contribution < -0.4 is 19.1 Å². The third kappa shape index (κ3) is 7.79. The number of carbonyl (C=O) groups excluding carboxylic acids is 2. The average Bonchev–Trinajstić information content (AvgIpc) is 3.00. The third-order valence-corrected chi connectivity index (χ3v) is 8.69. The first-order chi connectivity index (χ1) is 20.0. The highest BCUT2D eigenvalue weighted by Crippen LogP contribution is 2.32. The van der Waals surface area contributed by atoms with Crippen LogP contribution >= 0.6 is 0 Å². The van der Waals surface area contributed by atoms with Crippen LogP contribution in [0.4, 0.5) is 10.1 Å². The number of nitrogens with one attached hydrogen (secondary N) is 1. The van der Waals surface area contributed by atoms with Gasteiger partial charge >= 0.3 is 0 Å². The van der Waals surface area contributed by atoms with Gasteiger partial charge in [0.15, 0.2) is 11.5 Å². The smallest absolute Gasteiger partial charge is 0.264 e. The molecule has 0 unspecified atom stereocenters. The monoisotopic (exact) mass is 599 g/mol. The Morgan fingerprint density at radius 1 is 0.905 bits per heavy atom. The Kier molecular flexibility index (Phi) is 11.3. The fourth-order valence-electron chi connectivity index (χ4n) is 4.38. The number of ether oxygens (including phenoxy) is 2. The van der Waals surface area contributed by atoms with Crippen molar-refractivity contribution in [1.29, 1.82) is 0 Å². The van der Waals surface area contributed by atoms with Crippen LogP contribution in [0.5, 0.6) is 11.5 Å². The second-order valence-corrected chi connectivity index (χ2v) is 11.6. The molecule has 11 heteroatoms. The molecule has 0 spiro atoms. The van der Waals surface area contributed by atoms with Crippen LogP contribution in [-0.2, 0) is 26.2 Å². The Morgan fingerprint density at radius 3 is 2.12 bits per heavy atom. The minimum atomic E-state index is -4.37. The number of carbonyl (C=O) groups is 2. The molecule has 42 heavy (non-hydrogen) atoms. The lowest BCUT2D eigenvalue weighted by molar-refractivity contribution is -0.140. The van der Waals surface area contributed by atoms with E-state index in [1.165, 1.54) is 49.5 Å². The summed E-state index contributed by atoms with van der Waals surface area (Å²) in [6, 6.07) is 17.1. The maximum absolute atomic E-state index is 14.1. The normalized spacial score (nSPS) is 12.6. The summed E-state index contributed by atoms with van der Waals surface area (Å²) in [5.74, 6) is -0.979. The standard InChI is InChI=1S/C31H38FN3O6S/c1-6-22(3)33-31(37)27(7-2)34(20-23-11-9-8-10-12-23)30(36)21-35(25-15-13-24(32)14-16-25)42(38,39)26-17-18-28(40-4)29(19-26)41-5/h8-19,22,27H,6-7,20-21H2,1-5H3,(H,33,37)/t22-,27-/m1/s1. The molecular formula is C31H38FN3O6S. The average molecular weight is 600 g/mol. The van der Waals surface area contributed by atoms with Crippen LogP contribution in [-0.4, -0.2) is 58.0 Å². The SMILES string of the molecule is CC[C@@H](C)NC(=O)[C@@H](CC)N(Cc1ccccc1)C(=O)CN(c1ccc(F)cc1)S(=O)(=O)c1ccc(OC)c(OC)c1. The number of rotatable bonds is 14. The minimum Gasteiger partial charge on any atom is -0.493 e. The lowest BCUT2D eigenvalue weighted by Gasteiger charge is -2.33. The number of anilines is 1. The molecule has 0 saturated carbocycles. The summed E-state index contributed by atoms with van der Waals surface area (Å²) in [5.41, 5.74) is 0.855. The molecule has 2 atom stereocenters. The highest BCUT2D eigenvalue weighted by molar-refractivity contribution is 7.92. The molecule has 0 aromatic heterocycles. The fraction of sp³-hybridized carbons (Fsp3) is 0.355. The largest absolute Gasteiger partial charge is 0.493 e. The van der Waals surface area contributed by atoms with E-state index in [-0.39, 0.29) is 34.8 Å². The molecule has 0 saturated heterocycles. The summed E-state index contributed by atoms with van der Waals surface area (Å²) >= 11 is 0. The Balaban J connectivity index is 2.08. The summed E-state index contributed by atoms with van der Waals surface area (Å²) in [6.45, 7) is 5.06. The van der Waals surface area contributed by atoms with Crippen molar-refractivity contribution in [1.82, 2.24) is 10.2 Å². The Bertz CT molecular complexity index is 1450. The lowest BCUT2D eigenvalue weighted by atomic mass is 10.1. The fourth-order valence-corrected chi connectivity index (χ4v) is 5.81. The van der Waals surface area contributed by atoms with Gasteiger partial charge in [-0.3, -0.25) is 13.9 Å². The predicted molar refractivity (Wildman–Crippen MR) is 159 cm³/mol. The molecule has 3 aromatic carbocycles. The zero-order valence-corrected chi connectivity index (χ0v) is 25.4. The lowest BCUT2D eigenvalue weighted by Crippen LogP contribution is -2.53. The molecule has 3 rings (SSSR count). The number of sulfonamides is 1. The first-order valence-electron chi connectivity index (χ1n) is 13.7. The summed E-state index contributed by atoms with van der Waals surface area (Å²) in [6.07, 6.45) is 1.01. The zero-order valence-electron chi connectivity index (χ0n) is 24.5. The van der Waals surface area contributed by atoms with E-state index < -0.39 is 34.3 Å². The van der Waals surface area contributed by atoms with E-state index in [9.17, 15) is 22.4 Å². The first kappa shape index (κ1) is 32.4. The second kappa shape index (κ2) is 14.7. The van der Waals surface area contributed by atoms with Crippen molar-refractivity contribution < 1.29 is 31.9 Å². The van der Waals surface area contributed by atoms with Gasteiger partial charge in [-0.2, -0.15) is 0 Å². The van der Waals surface area contributed by atoms with Gasteiger partial charge in [0.2, 0.25) is 11.8 Å². The zero-order chi connectivity index (χ0) is 30.9. The predicted octanol–water partition coefficient (Wildman–Crippen LogP) is 4.76. The molecule has 1 N–H and O–H groups in total. The number of amides is 2. The molecule has 226 valence electrons. The molecular weight excluding hydrogens is 561 g/mol. The third-order valence-electron chi connectivity index (χ3n) is 6.92. The van der Waals surface area contributed by atoms with Crippen LogP contribution in [0.3, 0.4) is 0 Å². The van der Waals surface area contributed by atoms with E-state index in [1.54, 1.807) is 6.92 Å². The van der Waals surface area contributed by atoms with Crippen LogP contribution in [0.25, 0.3) is 0 Å². The Morgan fingerprint density at radius 2 is 1.55 bits per heavy atom. The molecule has 0 bridgehead atoms. The Hall–Kier alpha value is -4.12. The molecule has 9 nitrogen and oxygen atoms in total. The van der Waals surface area contributed by atoms with Crippen molar-refractivity contribution in [2.45, 2.75) is 57.1 Å². The molecule has 2 amide bonds. The number of hydrogen-bond donors (Lipinski definition) is 1. The molecule has 3 aromatic rings. The van der Waals surface area contributed by atoms with Crippen LogP contribution in [0, 0.1) is 5.82 Å². The van der Waals surface area contributed by atoms with Gasteiger partial charge in [-0.1, -0.05) is 44.2 Å². The molecule has 0 radical (unpaired) electrons. The molecule has 0 aliphatic rings. The number of halogens is 1. The van der Waals surface area contributed by atoms with E-state index in [4.69, 9.17) is 9.47 Å². The van der Waals surface area contributed by atoms with E-state index in [0.29, 0.717) is 18.6 Å². The van der Waals surface area contributed by atoms with Crippen LogP contribution in [0.15, 0.2) is 77.7 Å². The van der Waals surface area contributed by atoms with E-state index in [2.05, 4.69) is 5.32 Å². The van der Waals surface area contributed by atoms with E-state index in [1.807, 2.05) is 44.2 Å². The van der Waals surface area contributed by atoms with Crippen LogP contribution in [0.1, 0.15) is 39.2 Å². The van der Waals surface area contributed by atoms with E-state index >= 15 is 0 Å². The summed E-state index contributed by atoms with van der Waals surface area (Å²) in [5, 5.41) is 2.94. The molecule has 0 fully saturated rings. The van der Waals surface area contributed by atoms with Gasteiger partial charge in [0.05, 0.1) is 24.8 Å². The van der Waals surface area contributed by atoms with Crippen molar-refractivity contribution >= 4 is 27.5 Å². The highest BCUT2D eigenvalue weighted by Gasteiger charge is 2.34. The van der Waals surface area contributed by atoms with Gasteiger partial charge in [0.1, 0.15) is 18.4 Å². The van der Waals surface area contributed by atoms with Crippen molar-refractivity contribution in [2.24, 2.45) is 0 Å². The molecule has 0 heterocycles. The molecule has 0 aliphatic heterocycles. The van der Waals surface area contributed by atoms with Gasteiger partial charge in [-0.25, -0.2) is 12.8 Å². The van der Waals surface area contributed by atoms with Gasteiger partial charge in [-0.05, 0) is 61.7 Å². The quantitative estimate of drug-likeness (QED) is 0.287. The molecule has 0 aliphatic carbocycles. The van der Waals surface area contributed by atoms with Crippen molar-refractivity contribution in [3.05, 3.63) is 84.2 Å². The number of benzene rings is 3. The van der Waals surface area contributed by atoms with Gasteiger partial charge in [-0.15, -0.1) is 0 Å². The van der Waals surface area contributed by atoms with E-state index in [0.717, 1.165) is 22.0 Å². The van der Waals surface area contributed by atoms with Crippen molar-refractivity contribution in [3.8, 4) is 11.5 Å². The number of nitrogens with zero attached hydrogens (tertiary/aromatic N) is 2. The van der Waals surface area contributed by atoms with Gasteiger partial charge < -0.3 is 19.7 Å². The van der Waals surface area contributed by atoms with Crippen molar-refractivity contribution in [2.75, 3.05) is 25.1 Å². The second-order valence-electron chi connectivity index (χ2n) is 9.75. The summed E-state index contributed by atoms with van der Waals surface area (Å²) < 4.78 is 53.4.